The van der Waals surface area contributed by atoms with Crippen molar-refractivity contribution in [2.75, 3.05) is 32.1 Å². The van der Waals surface area contributed by atoms with Crippen molar-refractivity contribution in [3.8, 4) is 0 Å². The van der Waals surface area contributed by atoms with Crippen LogP contribution in [0.1, 0.15) is 6.42 Å². The number of nitrogens with zero attached hydrogens (tertiary/aromatic N) is 2. The number of methoxy groups -OCH3 is 1. The lowest BCUT2D eigenvalue weighted by molar-refractivity contribution is -0.121. The summed E-state index contributed by atoms with van der Waals surface area (Å²) in [5.74, 6) is -0.00636. The molecule has 1 rings (SSSR count). The molecule has 0 saturated carbocycles. The summed E-state index contributed by atoms with van der Waals surface area (Å²) >= 11 is 4.60. The number of halogens is 1. The second-order valence-electron chi connectivity index (χ2n) is 2.88. The molecule has 0 saturated heterocycles. The van der Waals surface area contributed by atoms with E-state index in [0.717, 1.165) is 3.92 Å². The third kappa shape index (κ3) is 5.38. The minimum absolute atomic E-state index is 0.00636. The van der Waals surface area contributed by atoms with E-state index < -0.39 is 0 Å². The molecule has 1 aromatic rings. The maximum atomic E-state index is 11.3. The number of nitrogens with one attached hydrogen (secondary N) is 2. The van der Waals surface area contributed by atoms with Crippen molar-refractivity contribution in [1.29, 1.82) is 0 Å². The molecule has 0 spiro atoms. The summed E-state index contributed by atoms with van der Waals surface area (Å²) in [5, 5.41) is 14.1. The van der Waals surface area contributed by atoms with Gasteiger partial charge in [-0.15, -0.1) is 10.2 Å². The van der Waals surface area contributed by atoms with E-state index in [9.17, 15) is 4.79 Å². The molecule has 0 fully saturated rings. The van der Waals surface area contributed by atoms with Crippen molar-refractivity contribution in [2.24, 2.45) is 0 Å². The number of carbonyl (C=O) groups excluding carboxylic acids is 1. The lowest BCUT2D eigenvalue weighted by Gasteiger charge is -2.04. The quantitative estimate of drug-likeness (QED) is 0.731. The molecule has 0 aliphatic heterocycles. The predicted octanol–water partition coefficient (Wildman–Crippen LogP) is 0.865. The third-order valence-electron chi connectivity index (χ3n) is 1.66. The van der Waals surface area contributed by atoms with Crippen LogP contribution in [-0.4, -0.2) is 42.9 Å². The van der Waals surface area contributed by atoms with Gasteiger partial charge in [0, 0.05) is 26.6 Å². The SMILES string of the molecule is COCCNC(=O)CCNc1nnc(Br)s1. The second kappa shape index (κ2) is 7.53. The summed E-state index contributed by atoms with van der Waals surface area (Å²) in [6, 6.07) is 0. The number of hydrogen-bond donors (Lipinski definition) is 2. The second-order valence-corrected chi connectivity index (χ2v) is 5.13. The molecule has 8 heteroatoms. The Morgan fingerprint density at radius 1 is 1.50 bits per heavy atom. The van der Waals surface area contributed by atoms with Gasteiger partial charge < -0.3 is 15.4 Å². The Kier molecular flexibility index (Phi) is 6.27. The minimum atomic E-state index is -0.00636. The van der Waals surface area contributed by atoms with Crippen molar-refractivity contribution in [3.63, 3.8) is 0 Å². The fraction of sp³-hybridized carbons (Fsp3) is 0.625. The number of anilines is 1. The highest BCUT2D eigenvalue weighted by atomic mass is 79.9. The molecule has 1 heterocycles. The summed E-state index contributed by atoms with van der Waals surface area (Å²) < 4.78 is 5.54. The van der Waals surface area contributed by atoms with Crippen LogP contribution in [0.5, 0.6) is 0 Å². The molecule has 0 bridgehead atoms. The van der Waals surface area contributed by atoms with Crippen LogP contribution in [0.15, 0.2) is 3.92 Å². The van der Waals surface area contributed by atoms with Gasteiger partial charge in [0.15, 0.2) is 3.92 Å². The van der Waals surface area contributed by atoms with Crippen LogP contribution >= 0.6 is 27.3 Å². The average Bonchev–Trinajstić information content (AvgIpc) is 2.65. The molecule has 0 radical (unpaired) electrons. The van der Waals surface area contributed by atoms with Gasteiger partial charge in [-0.1, -0.05) is 11.3 Å². The average molecular weight is 309 g/mol. The van der Waals surface area contributed by atoms with E-state index in [-0.39, 0.29) is 5.91 Å². The molecule has 0 aliphatic rings. The summed E-state index contributed by atoms with van der Waals surface area (Å²) in [4.78, 5) is 11.3. The van der Waals surface area contributed by atoms with Crippen LogP contribution in [0.3, 0.4) is 0 Å². The number of aromatic nitrogens is 2. The van der Waals surface area contributed by atoms with Crippen LogP contribution in [0.4, 0.5) is 5.13 Å². The van der Waals surface area contributed by atoms with E-state index in [0.29, 0.717) is 31.2 Å². The lowest BCUT2D eigenvalue weighted by atomic mass is 10.4. The summed E-state index contributed by atoms with van der Waals surface area (Å²) in [6.07, 6.45) is 0.404. The monoisotopic (exact) mass is 308 g/mol. The van der Waals surface area contributed by atoms with E-state index in [1.807, 2.05) is 0 Å². The van der Waals surface area contributed by atoms with Gasteiger partial charge in [-0.2, -0.15) is 0 Å². The first kappa shape index (κ1) is 13.3. The standard InChI is InChI=1S/C8H13BrN4O2S/c1-15-5-4-10-6(14)2-3-11-8-13-12-7(9)16-8/h2-5H2,1H3,(H,10,14)(H,11,13). The molecule has 0 unspecified atom stereocenters. The first-order chi connectivity index (χ1) is 7.72. The molecular formula is C8H13BrN4O2S. The molecule has 6 nitrogen and oxygen atoms in total. The molecule has 0 aromatic carbocycles. The van der Waals surface area contributed by atoms with E-state index in [4.69, 9.17) is 4.74 Å². The maximum absolute atomic E-state index is 11.3. The number of rotatable bonds is 7. The molecule has 1 amide bonds. The van der Waals surface area contributed by atoms with Gasteiger partial charge in [-0.25, -0.2) is 0 Å². The zero-order chi connectivity index (χ0) is 11.8. The van der Waals surface area contributed by atoms with Gasteiger partial charge in [0.05, 0.1) is 6.61 Å². The molecule has 16 heavy (non-hydrogen) atoms. The summed E-state index contributed by atoms with van der Waals surface area (Å²) in [6.45, 7) is 1.61. The van der Waals surface area contributed by atoms with Gasteiger partial charge in [-0.3, -0.25) is 4.79 Å². The largest absolute Gasteiger partial charge is 0.383 e. The predicted molar refractivity (Wildman–Crippen MR) is 65.6 cm³/mol. The van der Waals surface area contributed by atoms with Gasteiger partial charge in [-0.05, 0) is 15.9 Å². The molecule has 1 aromatic heterocycles. The van der Waals surface area contributed by atoms with Crippen LogP contribution in [0, 0.1) is 0 Å². The van der Waals surface area contributed by atoms with Gasteiger partial charge in [0.25, 0.3) is 0 Å². The molecule has 0 aliphatic carbocycles. The van der Waals surface area contributed by atoms with Gasteiger partial charge >= 0.3 is 0 Å². The van der Waals surface area contributed by atoms with Crippen LogP contribution in [0.25, 0.3) is 0 Å². The lowest BCUT2D eigenvalue weighted by Crippen LogP contribution is -2.28. The van der Waals surface area contributed by atoms with Gasteiger partial charge in [0.2, 0.25) is 11.0 Å². The zero-order valence-corrected chi connectivity index (χ0v) is 11.2. The molecule has 0 atom stereocenters. The van der Waals surface area contributed by atoms with E-state index in [1.165, 1.54) is 11.3 Å². The van der Waals surface area contributed by atoms with E-state index in [1.54, 1.807) is 7.11 Å². The normalized spacial score (nSPS) is 10.1. The van der Waals surface area contributed by atoms with Crippen LogP contribution < -0.4 is 10.6 Å². The van der Waals surface area contributed by atoms with Crippen LogP contribution in [0.2, 0.25) is 0 Å². The Balaban J connectivity index is 2.08. The Labute approximate surface area is 106 Å². The highest BCUT2D eigenvalue weighted by Gasteiger charge is 2.02. The number of carbonyl (C=O) groups is 1. The van der Waals surface area contributed by atoms with Crippen LogP contribution in [-0.2, 0) is 9.53 Å². The number of amides is 1. The molecular weight excluding hydrogens is 296 g/mol. The zero-order valence-electron chi connectivity index (χ0n) is 8.83. The smallest absolute Gasteiger partial charge is 0.221 e. The summed E-state index contributed by atoms with van der Waals surface area (Å²) in [5.41, 5.74) is 0. The topological polar surface area (TPSA) is 76.1 Å². The third-order valence-corrected chi connectivity index (χ3v) is 2.97. The Morgan fingerprint density at radius 3 is 2.94 bits per heavy atom. The first-order valence-corrected chi connectivity index (χ1v) is 6.32. The fourth-order valence-electron chi connectivity index (χ4n) is 0.941. The van der Waals surface area contributed by atoms with Crippen molar-refractivity contribution >= 4 is 38.3 Å². The minimum Gasteiger partial charge on any atom is -0.383 e. The highest BCUT2D eigenvalue weighted by Crippen LogP contribution is 2.19. The van der Waals surface area contributed by atoms with Crippen molar-refractivity contribution < 1.29 is 9.53 Å². The number of ether oxygens (including phenoxy) is 1. The first-order valence-electron chi connectivity index (χ1n) is 4.71. The van der Waals surface area contributed by atoms with E-state index in [2.05, 4.69) is 36.8 Å². The Hall–Kier alpha value is -0.730. The number of hydrogen-bond acceptors (Lipinski definition) is 6. The summed E-state index contributed by atoms with van der Waals surface area (Å²) in [7, 11) is 1.60. The van der Waals surface area contributed by atoms with Crippen molar-refractivity contribution in [3.05, 3.63) is 3.92 Å². The van der Waals surface area contributed by atoms with Gasteiger partial charge in [0.1, 0.15) is 0 Å². The fourth-order valence-corrected chi connectivity index (χ4v) is 1.98. The van der Waals surface area contributed by atoms with Crippen molar-refractivity contribution in [1.82, 2.24) is 15.5 Å². The van der Waals surface area contributed by atoms with Crippen molar-refractivity contribution in [2.45, 2.75) is 6.42 Å². The highest BCUT2D eigenvalue weighted by molar-refractivity contribution is 9.11. The molecule has 90 valence electrons. The van der Waals surface area contributed by atoms with E-state index >= 15 is 0 Å². The Morgan fingerprint density at radius 2 is 2.31 bits per heavy atom. The maximum Gasteiger partial charge on any atom is 0.221 e. The molecule has 2 N–H and O–H groups in total. The Bertz CT molecular complexity index is 334.